The number of benzene rings is 1. The molecule has 1 amide bonds. The fraction of sp³-hybridized carbons (Fsp3) is 0.412. The Morgan fingerprint density at radius 2 is 1.96 bits per heavy atom. The van der Waals surface area contributed by atoms with Crippen molar-refractivity contribution in [1.82, 2.24) is 20.1 Å². The van der Waals surface area contributed by atoms with Gasteiger partial charge in [0.15, 0.2) is 0 Å². The lowest BCUT2D eigenvalue weighted by molar-refractivity contribution is -0.139. The van der Waals surface area contributed by atoms with Crippen LogP contribution in [0.2, 0.25) is 0 Å². The highest BCUT2D eigenvalue weighted by atomic mass is 16.4. The first kappa shape index (κ1) is 17.7. The number of para-hydroxylation sites is 1. The number of aromatic nitrogens is 3. The maximum Gasteiger partial charge on any atom is 0.326 e. The molecule has 0 aliphatic rings. The molecule has 7 heteroatoms. The monoisotopic (exact) mass is 330 g/mol. The van der Waals surface area contributed by atoms with E-state index in [1.165, 1.54) is 0 Å². The molecule has 0 spiro atoms. The molecule has 1 aromatic heterocycles. The van der Waals surface area contributed by atoms with Gasteiger partial charge >= 0.3 is 5.97 Å². The van der Waals surface area contributed by atoms with E-state index in [9.17, 15) is 14.7 Å². The molecule has 1 aromatic carbocycles. The number of hydrogen-bond donors (Lipinski definition) is 2. The number of carbonyl (C=O) groups excluding carboxylic acids is 1. The second kappa shape index (κ2) is 8.24. The van der Waals surface area contributed by atoms with Crippen LogP contribution in [0.15, 0.2) is 30.3 Å². The smallest absolute Gasteiger partial charge is 0.326 e. The Morgan fingerprint density at radius 3 is 2.54 bits per heavy atom. The molecule has 1 heterocycles. The minimum Gasteiger partial charge on any atom is -0.480 e. The lowest BCUT2D eigenvalue weighted by atomic mass is 10.1. The number of nitrogens with zero attached hydrogens (tertiary/aromatic N) is 3. The minimum absolute atomic E-state index is 0.0153. The van der Waals surface area contributed by atoms with Gasteiger partial charge in [-0.05, 0) is 18.6 Å². The number of carboxylic acids is 1. The Morgan fingerprint density at radius 1 is 1.25 bits per heavy atom. The van der Waals surface area contributed by atoms with E-state index in [-0.39, 0.29) is 5.82 Å². The molecule has 2 aromatic rings. The van der Waals surface area contributed by atoms with Crippen molar-refractivity contribution in [2.24, 2.45) is 0 Å². The van der Waals surface area contributed by atoms with Crippen LogP contribution in [0.1, 0.15) is 49.6 Å². The number of amides is 1. The first-order chi connectivity index (χ1) is 11.6. The van der Waals surface area contributed by atoms with E-state index in [2.05, 4.69) is 15.4 Å². The van der Waals surface area contributed by atoms with Crippen LogP contribution in [0.4, 0.5) is 0 Å². The van der Waals surface area contributed by atoms with Crippen molar-refractivity contribution in [2.45, 2.75) is 45.6 Å². The standard InChI is InChI=1S/C17H22N4O3/c1-3-5-11-13(17(23)24)18-16(22)15-19-14(4-2)21(20-15)12-9-7-6-8-10-12/h6-10,13H,3-5,11H2,1-2H3,(H,18,22)(H,23,24). The predicted octanol–water partition coefficient (Wildman–Crippen LogP) is 2.20. The number of hydrogen-bond acceptors (Lipinski definition) is 4. The Kier molecular flexibility index (Phi) is 6.06. The van der Waals surface area contributed by atoms with Crippen LogP contribution in [0.5, 0.6) is 0 Å². The largest absolute Gasteiger partial charge is 0.480 e. The minimum atomic E-state index is -1.05. The molecule has 2 N–H and O–H groups in total. The fourth-order valence-corrected chi connectivity index (χ4v) is 2.33. The van der Waals surface area contributed by atoms with Crippen LogP contribution in [-0.2, 0) is 11.2 Å². The summed E-state index contributed by atoms with van der Waals surface area (Å²) in [5, 5.41) is 16.0. The summed E-state index contributed by atoms with van der Waals surface area (Å²) in [5.41, 5.74) is 0.807. The van der Waals surface area contributed by atoms with Gasteiger partial charge in [-0.15, -0.1) is 5.10 Å². The maximum absolute atomic E-state index is 12.3. The number of carbonyl (C=O) groups is 2. The summed E-state index contributed by atoms with van der Waals surface area (Å²) in [7, 11) is 0. The summed E-state index contributed by atoms with van der Waals surface area (Å²) in [6.45, 7) is 3.89. The fourth-order valence-electron chi connectivity index (χ4n) is 2.33. The topological polar surface area (TPSA) is 97.1 Å². The van der Waals surface area contributed by atoms with Crippen molar-refractivity contribution in [3.05, 3.63) is 42.0 Å². The lowest BCUT2D eigenvalue weighted by Crippen LogP contribution is -2.41. The van der Waals surface area contributed by atoms with E-state index in [4.69, 9.17) is 0 Å². The van der Waals surface area contributed by atoms with Crippen molar-refractivity contribution in [1.29, 1.82) is 0 Å². The van der Waals surface area contributed by atoms with Crippen LogP contribution >= 0.6 is 0 Å². The molecule has 1 atom stereocenters. The van der Waals surface area contributed by atoms with Gasteiger partial charge in [0.2, 0.25) is 5.82 Å². The molecule has 0 aliphatic carbocycles. The molecule has 0 saturated heterocycles. The highest BCUT2D eigenvalue weighted by molar-refractivity contribution is 5.93. The zero-order valence-corrected chi connectivity index (χ0v) is 13.9. The molecule has 0 saturated carbocycles. The van der Waals surface area contributed by atoms with Gasteiger partial charge in [0.25, 0.3) is 5.91 Å². The van der Waals surface area contributed by atoms with E-state index >= 15 is 0 Å². The van der Waals surface area contributed by atoms with E-state index in [0.717, 1.165) is 18.5 Å². The van der Waals surface area contributed by atoms with Gasteiger partial charge in [-0.2, -0.15) is 0 Å². The molecule has 0 radical (unpaired) electrons. The van der Waals surface area contributed by atoms with Gasteiger partial charge in [-0.3, -0.25) is 4.79 Å². The third kappa shape index (κ3) is 4.18. The highest BCUT2D eigenvalue weighted by Crippen LogP contribution is 2.11. The average Bonchev–Trinajstić information content (AvgIpc) is 3.03. The van der Waals surface area contributed by atoms with Crippen LogP contribution in [0.3, 0.4) is 0 Å². The zero-order valence-electron chi connectivity index (χ0n) is 13.9. The van der Waals surface area contributed by atoms with Crippen molar-refractivity contribution in [3.8, 4) is 5.69 Å². The summed E-state index contributed by atoms with van der Waals surface area (Å²) < 4.78 is 1.61. The van der Waals surface area contributed by atoms with E-state index < -0.39 is 17.9 Å². The molecule has 0 fully saturated rings. The summed E-state index contributed by atoms with van der Waals surface area (Å²) in [5.74, 6) is -0.983. The zero-order chi connectivity index (χ0) is 17.5. The van der Waals surface area contributed by atoms with Crippen LogP contribution in [-0.4, -0.2) is 37.8 Å². The van der Waals surface area contributed by atoms with Gasteiger partial charge in [-0.1, -0.05) is 44.9 Å². The van der Waals surface area contributed by atoms with Crippen molar-refractivity contribution < 1.29 is 14.7 Å². The summed E-state index contributed by atoms with van der Waals surface area (Å²) in [6.07, 6.45) is 2.58. The van der Waals surface area contributed by atoms with E-state index in [1.54, 1.807) is 4.68 Å². The van der Waals surface area contributed by atoms with Gasteiger partial charge in [-0.25, -0.2) is 14.5 Å². The molecule has 2 rings (SSSR count). The quantitative estimate of drug-likeness (QED) is 0.773. The molecular weight excluding hydrogens is 308 g/mol. The number of carboxylic acid groups (broad SMARTS) is 1. The first-order valence-electron chi connectivity index (χ1n) is 8.11. The Labute approximate surface area is 140 Å². The van der Waals surface area contributed by atoms with Crippen molar-refractivity contribution in [3.63, 3.8) is 0 Å². The molecule has 0 aliphatic heterocycles. The normalized spacial score (nSPS) is 11.9. The summed E-state index contributed by atoms with van der Waals surface area (Å²) in [6, 6.07) is 8.47. The van der Waals surface area contributed by atoms with Gasteiger partial charge in [0, 0.05) is 6.42 Å². The molecular formula is C17H22N4O3. The number of aliphatic carboxylic acids is 1. The Balaban J connectivity index is 2.21. The Bertz CT molecular complexity index is 697. The van der Waals surface area contributed by atoms with Crippen molar-refractivity contribution in [2.75, 3.05) is 0 Å². The SMILES string of the molecule is CCCCC(NC(=O)c1nc(CC)n(-c2ccccc2)n1)C(=O)O. The molecule has 1 unspecified atom stereocenters. The van der Waals surface area contributed by atoms with E-state index in [0.29, 0.717) is 18.7 Å². The van der Waals surface area contributed by atoms with Crippen molar-refractivity contribution >= 4 is 11.9 Å². The number of nitrogens with one attached hydrogen (secondary N) is 1. The number of unbranched alkanes of at least 4 members (excludes halogenated alkanes) is 1. The summed E-state index contributed by atoms with van der Waals surface area (Å²) >= 11 is 0. The summed E-state index contributed by atoms with van der Waals surface area (Å²) in [4.78, 5) is 27.8. The number of aryl methyl sites for hydroxylation is 1. The second-order valence-electron chi connectivity index (χ2n) is 5.46. The molecule has 0 bridgehead atoms. The van der Waals surface area contributed by atoms with Crippen LogP contribution < -0.4 is 5.32 Å². The predicted molar refractivity (Wildman–Crippen MR) is 89.2 cm³/mol. The average molecular weight is 330 g/mol. The number of rotatable bonds is 8. The molecule has 128 valence electrons. The molecule has 24 heavy (non-hydrogen) atoms. The van der Waals surface area contributed by atoms with Crippen LogP contribution in [0, 0.1) is 0 Å². The first-order valence-corrected chi connectivity index (χ1v) is 8.11. The van der Waals surface area contributed by atoms with Gasteiger partial charge in [0.1, 0.15) is 11.9 Å². The third-order valence-electron chi connectivity index (χ3n) is 3.64. The van der Waals surface area contributed by atoms with E-state index in [1.807, 2.05) is 44.2 Å². The second-order valence-corrected chi connectivity index (χ2v) is 5.46. The Hall–Kier alpha value is -2.70. The maximum atomic E-state index is 12.3. The highest BCUT2D eigenvalue weighted by Gasteiger charge is 2.23. The lowest BCUT2D eigenvalue weighted by Gasteiger charge is -2.12. The van der Waals surface area contributed by atoms with Gasteiger partial charge < -0.3 is 10.4 Å². The third-order valence-corrected chi connectivity index (χ3v) is 3.64. The molecule has 7 nitrogen and oxygen atoms in total. The van der Waals surface area contributed by atoms with Crippen LogP contribution in [0.25, 0.3) is 5.69 Å². The van der Waals surface area contributed by atoms with Gasteiger partial charge in [0.05, 0.1) is 5.69 Å².